The summed E-state index contributed by atoms with van der Waals surface area (Å²) in [5, 5.41) is 20.5. The summed E-state index contributed by atoms with van der Waals surface area (Å²) in [6.45, 7) is 10.5. The van der Waals surface area contributed by atoms with Gasteiger partial charge in [-0.05, 0) is 40.2 Å². The van der Waals surface area contributed by atoms with Crippen LogP contribution in [-0.2, 0) is 5.41 Å². The monoisotopic (exact) mass is 299 g/mol. The third-order valence-corrected chi connectivity index (χ3v) is 3.96. The second-order valence-electron chi connectivity index (χ2n) is 7.10. The Kier molecular flexibility index (Phi) is 4.10. The normalized spacial score (nSPS) is 11.9. The van der Waals surface area contributed by atoms with Crippen LogP contribution in [0.2, 0.25) is 0 Å². The predicted molar refractivity (Wildman–Crippen MR) is 92.4 cm³/mol. The van der Waals surface area contributed by atoms with Gasteiger partial charge in [0.05, 0.1) is 5.69 Å². The van der Waals surface area contributed by atoms with Crippen LogP contribution >= 0.6 is 0 Å². The number of phenolic OH excluding ortho intramolecular Hbond substituents is 2. The first-order valence-corrected chi connectivity index (χ1v) is 7.58. The highest BCUT2D eigenvalue weighted by Crippen LogP contribution is 2.44. The highest BCUT2D eigenvalue weighted by atomic mass is 16.3. The topological polar surface area (TPSA) is 66.5 Å². The first-order chi connectivity index (χ1) is 10.1. The van der Waals surface area contributed by atoms with Crippen molar-refractivity contribution in [1.29, 1.82) is 0 Å². The van der Waals surface area contributed by atoms with Crippen LogP contribution in [-0.4, -0.2) is 10.2 Å². The minimum atomic E-state index is -0.116. The lowest BCUT2D eigenvalue weighted by molar-refractivity contribution is 0.463. The summed E-state index contributed by atoms with van der Waals surface area (Å²) in [5.41, 5.74) is 9.61. The Bertz CT molecular complexity index is 697. The van der Waals surface area contributed by atoms with Gasteiger partial charge >= 0.3 is 0 Å². The molecule has 0 amide bonds. The number of nitrogen functional groups attached to an aromatic ring is 1. The molecule has 2 aromatic rings. The van der Waals surface area contributed by atoms with E-state index in [1.807, 2.05) is 6.07 Å². The van der Waals surface area contributed by atoms with Crippen LogP contribution in [0.25, 0.3) is 11.1 Å². The maximum absolute atomic E-state index is 10.8. The molecule has 118 valence electrons. The summed E-state index contributed by atoms with van der Waals surface area (Å²) in [6, 6.07) is 9.14. The van der Waals surface area contributed by atoms with Crippen molar-refractivity contribution in [3.63, 3.8) is 0 Å². The molecule has 0 fully saturated rings. The van der Waals surface area contributed by atoms with Crippen molar-refractivity contribution in [2.45, 2.75) is 46.0 Å². The quantitative estimate of drug-likeness (QED) is 0.553. The molecule has 0 aliphatic heterocycles. The highest BCUT2D eigenvalue weighted by molar-refractivity contribution is 5.79. The van der Waals surface area contributed by atoms with Crippen LogP contribution in [0.1, 0.15) is 51.7 Å². The van der Waals surface area contributed by atoms with Gasteiger partial charge < -0.3 is 15.9 Å². The van der Waals surface area contributed by atoms with Gasteiger partial charge in [0.15, 0.2) is 0 Å². The SMILES string of the molecule is CC(C)c1ccc(C(C)(C)C)c(-c2ccc(O)c(N)c2)c1O. The molecule has 3 heteroatoms. The van der Waals surface area contributed by atoms with Crippen molar-refractivity contribution in [1.82, 2.24) is 0 Å². The lowest BCUT2D eigenvalue weighted by Crippen LogP contribution is -2.13. The summed E-state index contributed by atoms with van der Waals surface area (Å²) in [6.07, 6.45) is 0. The van der Waals surface area contributed by atoms with Crippen LogP contribution in [0.15, 0.2) is 30.3 Å². The Labute approximate surface area is 132 Å². The predicted octanol–water partition coefficient (Wildman–Crippen LogP) is 4.77. The zero-order valence-corrected chi connectivity index (χ0v) is 13.9. The number of hydrogen-bond donors (Lipinski definition) is 3. The van der Waals surface area contributed by atoms with E-state index in [2.05, 4.69) is 40.7 Å². The van der Waals surface area contributed by atoms with Crippen molar-refractivity contribution in [2.75, 3.05) is 5.73 Å². The molecule has 0 saturated carbocycles. The molecule has 0 heterocycles. The number of rotatable bonds is 2. The van der Waals surface area contributed by atoms with E-state index in [9.17, 15) is 10.2 Å². The van der Waals surface area contributed by atoms with Crippen molar-refractivity contribution < 1.29 is 10.2 Å². The van der Waals surface area contributed by atoms with E-state index >= 15 is 0 Å². The van der Waals surface area contributed by atoms with Crippen LogP contribution in [0.5, 0.6) is 11.5 Å². The Morgan fingerprint density at radius 2 is 1.64 bits per heavy atom. The standard InChI is InChI=1S/C19H25NO2/c1-11(2)13-7-8-14(19(3,4)5)17(18(13)22)12-6-9-16(21)15(20)10-12/h6-11,21-22H,20H2,1-5H3. The fourth-order valence-electron chi connectivity index (χ4n) is 2.70. The Morgan fingerprint density at radius 1 is 1.00 bits per heavy atom. The van der Waals surface area contributed by atoms with Crippen LogP contribution < -0.4 is 5.73 Å². The summed E-state index contributed by atoms with van der Waals surface area (Å²) >= 11 is 0. The minimum Gasteiger partial charge on any atom is -0.507 e. The third-order valence-electron chi connectivity index (χ3n) is 3.96. The van der Waals surface area contributed by atoms with Gasteiger partial charge in [0.1, 0.15) is 11.5 Å². The lowest BCUT2D eigenvalue weighted by Gasteiger charge is -2.26. The largest absolute Gasteiger partial charge is 0.507 e. The number of benzene rings is 2. The lowest BCUT2D eigenvalue weighted by atomic mass is 9.79. The van der Waals surface area contributed by atoms with Crippen LogP contribution in [0.3, 0.4) is 0 Å². The molecule has 0 aromatic heterocycles. The summed E-state index contributed by atoms with van der Waals surface area (Å²) in [5.74, 6) is 0.579. The molecular weight excluding hydrogens is 274 g/mol. The van der Waals surface area contributed by atoms with Gasteiger partial charge in [-0.15, -0.1) is 0 Å². The van der Waals surface area contributed by atoms with Gasteiger partial charge in [-0.2, -0.15) is 0 Å². The number of phenols is 2. The average molecular weight is 299 g/mol. The molecule has 0 bridgehead atoms. The molecule has 3 nitrogen and oxygen atoms in total. The molecule has 0 aliphatic carbocycles. The second-order valence-corrected chi connectivity index (χ2v) is 7.10. The molecule has 0 atom stereocenters. The average Bonchev–Trinajstić information content (AvgIpc) is 2.40. The summed E-state index contributed by atoms with van der Waals surface area (Å²) in [7, 11) is 0. The molecule has 0 unspecified atom stereocenters. The first kappa shape index (κ1) is 16.2. The van der Waals surface area contributed by atoms with E-state index in [0.717, 1.165) is 22.3 Å². The molecule has 0 spiro atoms. The van der Waals surface area contributed by atoms with E-state index in [1.54, 1.807) is 18.2 Å². The zero-order valence-electron chi connectivity index (χ0n) is 13.9. The number of hydrogen-bond acceptors (Lipinski definition) is 3. The van der Waals surface area contributed by atoms with Gasteiger partial charge in [-0.1, -0.05) is 52.8 Å². The fraction of sp³-hybridized carbons (Fsp3) is 0.368. The summed E-state index contributed by atoms with van der Waals surface area (Å²) in [4.78, 5) is 0. The van der Waals surface area contributed by atoms with Crippen molar-refractivity contribution in [3.05, 3.63) is 41.5 Å². The molecule has 0 aliphatic rings. The van der Waals surface area contributed by atoms with Crippen LogP contribution in [0, 0.1) is 0 Å². The van der Waals surface area contributed by atoms with E-state index in [-0.39, 0.29) is 17.1 Å². The fourth-order valence-corrected chi connectivity index (χ4v) is 2.70. The Hall–Kier alpha value is -2.16. The molecule has 4 N–H and O–H groups in total. The summed E-state index contributed by atoms with van der Waals surface area (Å²) < 4.78 is 0. The van der Waals surface area contributed by atoms with Gasteiger partial charge in [-0.3, -0.25) is 0 Å². The van der Waals surface area contributed by atoms with Crippen molar-refractivity contribution in [3.8, 4) is 22.6 Å². The smallest absolute Gasteiger partial charge is 0.138 e. The number of aromatic hydroxyl groups is 2. The van der Waals surface area contributed by atoms with E-state index in [4.69, 9.17) is 5.73 Å². The van der Waals surface area contributed by atoms with Gasteiger partial charge in [0, 0.05) is 5.56 Å². The molecule has 2 aromatic carbocycles. The van der Waals surface area contributed by atoms with Crippen molar-refractivity contribution in [2.24, 2.45) is 0 Å². The van der Waals surface area contributed by atoms with Gasteiger partial charge in [0.2, 0.25) is 0 Å². The van der Waals surface area contributed by atoms with E-state index in [1.165, 1.54) is 0 Å². The van der Waals surface area contributed by atoms with E-state index in [0.29, 0.717) is 11.4 Å². The maximum Gasteiger partial charge on any atom is 0.138 e. The maximum atomic E-state index is 10.8. The Morgan fingerprint density at radius 3 is 2.14 bits per heavy atom. The Balaban J connectivity index is 2.80. The highest BCUT2D eigenvalue weighted by Gasteiger charge is 2.24. The molecular formula is C19H25NO2. The molecule has 2 rings (SSSR count). The van der Waals surface area contributed by atoms with Crippen molar-refractivity contribution >= 4 is 5.69 Å². The minimum absolute atomic E-state index is 0.0561. The molecule has 22 heavy (non-hydrogen) atoms. The van der Waals surface area contributed by atoms with Gasteiger partial charge in [-0.25, -0.2) is 0 Å². The van der Waals surface area contributed by atoms with Gasteiger partial charge in [0.25, 0.3) is 0 Å². The molecule has 0 radical (unpaired) electrons. The second kappa shape index (κ2) is 5.56. The van der Waals surface area contributed by atoms with Crippen LogP contribution in [0.4, 0.5) is 5.69 Å². The molecule has 0 saturated heterocycles. The number of nitrogens with two attached hydrogens (primary N) is 1. The first-order valence-electron chi connectivity index (χ1n) is 7.58. The van der Waals surface area contributed by atoms with E-state index < -0.39 is 0 Å². The number of anilines is 1. The third kappa shape index (κ3) is 2.89. The zero-order chi connectivity index (χ0) is 16.7.